The Hall–Kier alpha value is -2.87. The van der Waals surface area contributed by atoms with Crippen molar-refractivity contribution in [2.24, 2.45) is 0 Å². The van der Waals surface area contributed by atoms with Crippen molar-refractivity contribution in [2.45, 2.75) is 0 Å². The van der Waals surface area contributed by atoms with E-state index in [0.29, 0.717) is 0 Å². The lowest BCUT2D eigenvalue weighted by atomic mass is 10.0. The lowest BCUT2D eigenvalue weighted by Crippen LogP contribution is -1.83. The molecule has 0 atom stereocenters. The summed E-state index contributed by atoms with van der Waals surface area (Å²) in [6.07, 6.45) is 0. The van der Waals surface area contributed by atoms with E-state index in [2.05, 4.69) is 65.6 Å². The van der Waals surface area contributed by atoms with E-state index in [1.54, 1.807) is 0 Å². The van der Waals surface area contributed by atoms with Gasteiger partial charge in [0.2, 0.25) is 0 Å². The van der Waals surface area contributed by atoms with Crippen molar-refractivity contribution in [1.82, 2.24) is 9.97 Å². The van der Waals surface area contributed by atoms with Crippen LogP contribution in [0.1, 0.15) is 0 Å². The van der Waals surface area contributed by atoms with Crippen LogP contribution < -0.4 is 0 Å². The molecule has 0 spiro atoms. The van der Waals surface area contributed by atoms with Gasteiger partial charge in [0.05, 0.1) is 11.0 Å². The third kappa shape index (κ3) is 1.44. The highest BCUT2D eigenvalue weighted by Gasteiger charge is 2.09. The second-order valence-electron chi connectivity index (χ2n) is 5.41. The monoisotopic (exact) mass is 268 g/mol. The van der Waals surface area contributed by atoms with E-state index in [4.69, 9.17) is 4.98 Å². The Morgan fingerprint density at radius 3 is 2.52 bits per heavy atom. The summed E-state index contributed by atoms with van der Waals surface area (Å²) in [7, 11) is 0. The Morgan fingerprint density at radius 2 is 1.52 bits per heavy atom. The number of hydrogen-bond donors (Lipinski definition) is 1. The molecule has 3 aromatic carbocycles. The van der Waals surface area contributed by atoms with Crippen molar-refractivity contribution in [3.05, 3.63) is 66.7 Å². The average Bonchev–Trinajstić information content (AvgIpc) is 2.92. The van der Waals surface area contributed by atoms with Gasteiger partial charge in [0.15, 0.2) is 0 Å². The molecule has 5 aromatic rings. The smallest absolute Gasteiger partial charge is 0.0723 e. The molecule has 1 N–H and O–H groups in total. The zero-order valence-electron chi connectivity index (χ0n) is 11.3. The van der Waals surface area contributed by atoms with Gasteiger partial charge in [0.25, 0.3) is 0 Å². The number of nitrogens with one attached hydrogen (secondary N) is 1. The summed E-state index contributed by atoms with van der Waals surface area (Å²) in [6, 6.07) is 23.2. The molecule has 2 heteroatoms. The van der Waals surface area contributed by atoms with E-state index in [-0.39, 0.29) is 0 Å². The lowest BCUT2D eigenvalue weighted by molar-refractivity contribution is 1.50. The number of aromatic nitrogens is 2. The third-order valence-corrected chi connectivity index (χ3v) is 4.17. The zero-order chi connectivity index (χ0) is 13.8. The molecule has 0 saturated carbocycles. The van der Waals surface area contributed by atoms with Gasteiger partial charge in [-0.15, -0.1) is 0 Å². The molecule has 0 saturated heterocycles. The number of benzene rings is 3. The van der Waals surface area contributed by atoms with E-state index in [1.165, 1.54) is 21.5 Å². The molecule has 0 aliphatic heterocycles. The molecule has 0 fully saturated rings. The van der Waals surface area contributed by atoms with Crippen LogP contribution in [0.25, 0.3) is 43.6 Å². The van der Waals surface area contributed by atoms with Crippen LogP contribution >= 0.6 is 0 Å². The first-order chi connectivity index (χ1) is 10.4. The fourth-order valence-electron chi connectivity index (χ4n) is 3.19. The minimum Gasteiger partial charge on any atom is -0.355 e. The molecule has 2 heterocycles. The fraction of sp³-hybridized carbons (Fsp3) is 0. The van der Waals surface area contributed by atoms with Crippen molar-refractivity contribution in [1.29, 1.82) is 0 Å². The first kappa shape index (κ1) is 10.9. The maximum Gasteiger partial charge on any atom is 0.0723 e. The first-order valence-corrected chi connectivity index (χ1v) is 7.09. The molecule has 98 valence electrons. The number of nitrogens with zero attached hydrogens (tertiary/aromatic N) is 1. The quantitative estimate of drug-likeness (QED) is 0.392. The number of pyridine rings is 1. The highest BCUT2D eigenvalue weighted by molar-refractivity contribution is 6.20. The van der Waals surface area contributed by atoms with Crippen LogP contribution in [0.4, 0.5) is 0 Å². The highest BCUT2D eigenvalue weighted by atomic mass is 14.7. The number of fused-ring (bicyclic) bond motifs is 6. The van der Waals surface area contributed by atoms with Crippen molar-refractivity contribution in [3.8, 4) is 0 Å². The second kappa shape index (κ2) is 3.83. The summed E-state index contributed by atoms with van der Waals surface area (Å²) < 4.78 is 0. The molecule has 2 aromatic heterocycles. The van der Waals surface area contributed by atoms with Gasteiger partial charge >= 0.3 is 0 Å². The number of H-pyrrole nitrogens is 1. The second-order valence-corrected chi connectivity index (χ2v) is 5.41. The van der Waals surface area contributed by atoms with Gasteiger partial charge in [0, 0.05) is 27.2 Å². The molecule has 0 bridgehead atoms. The fourth-order valence-corrected chi connectivity index (χ4v) is 3.19. The zero-order valence-corrected chi connectivity index (χ0v) is 11.3. The van der Waals surface area contributed by atoms with E-state index in [0.717, 1.165) is 22.1 Å². The predicted molar refractivity (Wildman–Crippen MR) is 88.6 cm³/mol. The summed E-state index contributed by atoms with van der Waals surface area (Å²) >= 11 is 0. The molecular weight excluding hydrogens is 256 g/mol. The molecule has 0 amide bonds. The summed E-state index contributed by atoms with van der Waals surface area (Å²) in [4.78, 5) is 8.26. The largest absolute Gasteiger partial charge is 0.355 e. The van der Waals surface area contributed by atoms with E-state index in [9.17, 15) is 0 Å². The molecule has 21 heavy (non-hydrogen) atoms. The lowest BCUT2D eigenvalue weighted by Gasteiger charge is -2.04. The Kier molecular flexibility index (Phi) is 1.98. The van der Waals surface area contributed by atoms with Crippen molar-refractivity contribution in [2.75, 3.05) is 0 Å². The number of aromatic amines is 1. The van der Waals surface area contributed by atoms with Gasteiger partial charge < -0.3 is 4.98 Å². The molecule has 0 radical (unpaired) electrons. The maximum atomic E-state index is 4.73. The van der Waals surface area contributed by atoms with E-state index >= 15 is 0 Å². The normalized spacial score (nSPS) is 11.8. The Balaban J connectivity index is 2.09. The van der Waals surface area contributed by atoms with Gasteiger partial charge in [-0.25, -0.2) is 4.98 Å². The van der Waals surface area contributed by atoms with Crippen molar-refractivity contribution in [3.63, 3.8) is 0 Å². The van der Waals surface area contributed by atoms with Crippen LogP contribution in [0.5, 0.6) is 0 Å². The SMILES string of the molecule is c1ccc2[nH]c3ccc4nc5ccccc5c4c3cc2c1. The van der Waals surface area contributed by atoms with Gasteiger partial charge in [-0.05, 0) is 35.7 Å². The van der Waals surface area contributed by atoms with Crippen LogP contribution in [0.15, 0.2) is 66.7 Å². The van der Waals surface area contributed by atoms with Crippen LogP contribution in [0.2, 0.25) is 0 Å². The van der Waals surface area contributed by atoms with Crippen molar-refractivity contribution < 1.29 is 0 Å². The molecular formula is C19H12N2. The van der Waals surface area contributed by atoms with Crippen LogP contribution in [0.3, 0.4) is 0 Å². The average molecular weight is 268 g/mol. The summed E-state index contributed by atoms with van der Waals surface area (Å²) in [5.41, 5.74) is 4.44. The molecule has 5 rings (SSSR count). The van der Waals surface area contributed by atoms with Crippen LogP contribution in [-0.4, -0.2) is 9.97 Å². The summed E-state index contributed by atoms with van der Waals surface area (Å²) in [5, 5.41) is 4.93. The molecule has 0 aliphatic carbocycles. The van der Waals surface area contributed by atoms with Gasteiger partial charge in [-0.3, -0.25) is 0 Å². The van der Waals surface area contributed by atoms with E-state index in [1.807, 2.05) is 6.07 Å². The Labute approximate surface area is 121 Å². The van der Waals surface area contributed by atoms with Gasteiger partial charge in [-0.2, -0.15) is 0 Å². The van der Waals surface area contributed by atoms with Crippen LogP contribution in [-0.2, 0) is 0 Å². The van der Waals surface area contributed by atoms with Gasteiger partial charge in [-0.1, -0.05) is 36.4 Å². The molecule has 0 aliphatic rings. The molecule has 0 unspecified atom stereocenters. The van der Waals surface area contributed by atoms with Crippen molar-refractivity contribution >= 4 is 43.6 Å². The summed E-state index contributed by atoms with van der Waals surface area (Å²) in [5.74, 6) is 0. The Morgan fingerprint density at radius 1 is 0.667 bits per heavy atom. The summed E-state index contributed by atoms with van der Waals surface area (Å²) in [6.45, 7) is 0. The topological polar surface area (TPSA) is 28.7 Å². The number of rotatable bonds is 0. The maximum absolute atomic E-state index is 4.73. The van der Waals surface area contributed by atoms with Gasteiger partial charge in [0.1, 0.15) is 0 Å². The minimum absolute atomic E-state index is 1.06. The number of para-hydroxylation sites is 2. The predicted octanol–water partition coefficient (Wildman–Crippen LogP) is 5.02. The standard InChI is InChI=1S/C19H12N2/c1-3-7-15-12(5-1)11-14-17(20-15)9-10-18-19(14)13-6-2-4-8-16(13)21-18/h1-11,20H. The number of hydrogen-bond acceptors (Lipinski definition) is 1. The molecule has 2 nitrogen and oxygen atoms in total. The minimum atomic E-state index is 1.06. The third-order valence-electron chi connectivity index (χ3n) is 4.17. The van der Waals surface area contributed by atoms with Crippen LogP contribution in [0, 0.1) is 0 Å². The highest BCUT2D eigenvalue weighted by Crippen LogP contribution is 2.32. The Bertz CT molecular complexity index is 1140. The van der Waals surface area contributed by atoms with E-state index < -0.39 is 0 Å². The first-order valence-electron chi connectivity index (χ1n) is 7.09.